The smallest absolute Gasteiger partial charge is 0.0646 e. The predicted octanol–water partition coefficient (Wildman–Crippen LogP) is 5.81. The van der Waals surface area contributed by atoms with E-state index >= 15 is 0 Å². The Kier molecular flexibility index (Phi) is 9.13. The van der Waals surface area contributed by atoms with E-state index in [0.717, 1.165) is 33.4 Å². The monoisotopic (exact) mass is 418 g/mol. The van der Waals surface area contributed by atoms with Gasteiger partial charge in [0.2, 0.25) is 0 Å². The fourth-order valence-electron chi connectivity index (χ4n) is 3.01. The molecule has 0 amide bonds. The zero-order valence-electron chi connectivity index (χ0n) is 18.5. The van der Waals surface area contributed by atoms with Crippen LogP contribution in [0.25, 0.3) is 12.2 Å². The number of rotatable bonds is 6. The molecule has 0 N–H and O–H groups in total. The largest absolute Gasteiger partial charge is 0.381 e. The summed E-state index contributed by atoms with van der Waals surface area (Å²) in [4.78, 5) is 0. The Bertz CT molecular complexity index is 1120. The van der Waals surface area contributed by atoms with E-state index in [9.17, 15) is 0 Å². The van der Waals surface area contributed by atoms with E-state index < -0.39 is 0 Å². The topological polar surface area (TPSA) is 18.5 Å². The van der Waals surface area contributed by atoms with Gasteiger partial charge in [-0.1, -0.05) is 90.5 Å². The van der Waals surface area contributed by atoms with E-state index in [4.69, 9.17) is 9.47 Å². The number of methoxy groups -OCH3 is 2. The lowest BCUT2D eigenvalue weighted by molar-refractivity contribution is 0.234. The zero-order valence-corrected chi connectivity index (χ0v) is 18.5. The molecule has 0 aliphatic carbocycles. The number of ether oxygens (including phenoxy) is 2. The summed E-state index contributed by atoms with van der Waals surface area (Å²) < 4.78 is 10.2. The second kappa shape index (κ2) is 12.8. The van der Waals surface area contributed by atoms with Crippen LogP contribution < -0.4 is 0 Å². The second-order valence-electron chi connectivity index (χ2n) is 6.97. The van der Waals surface area contributed by atoms with E-state index in [1.165, 1.54) is 0 Å². The van der Waals surface area contributed by atoms with Crippen LogP contribution in [0.4, 0.5) is 0 Å². The van der Waals surface area contributed by atoms with Crippen molar-refractivity contribution in [3.63, 3.8) is 0 Å². The highest BCUT2D eigenvalue weighted by molar-refractivity contribution is 5.62. The Morgan fingerprint density at radius 1 is 0.594 bits per heavy atom. The van der Waals surface area contributed by atoms with Gasteiger partial charge in [0.1, 0.15) is 0 Å². The Morgan fingerprint density at radius 3 is 1.53 bits per heavy atom. The predicted molar refractivity (Wildman–Crippen MR) is 133 cm³/mol. The second-order valence-corrected chi connectivity index (χ2v) is 6.97. The summed E-state index contributed by atoms with van der Waals surface area (Å²) in [5.41, 5.74) is 5.97. The molecule has 0 saturated heterocycles. The Hall–Kier alpha value is -3.82. The quantitative estimate of drug-likeness (QED) is 0.471. The van der Waals surface area contributed by atoms with Gasteiger partial charge in [0.05, 0.1) is 13.2 Å². The lowest BCUT2D eigenvalue weighted by atomic mass is 10.1. The number of hydrogen-bond acceptors (Lipinski definition) is 2. The molecule has 0 atom stereocenters. The first kappa shape index (κ1) is 22.9. The van der Waals surface area contributed by atoms with Crippen molar-refractivity contribution >= 4 is 12.2 Å². The maximum atomic E-state index is 5.09. The minimum atomic E-state index is 0.577. The van der Waals surface area contributed by atoms with Crippen molar-refractivity contribution in [2.45, 2.75) is 0 Å². The summed E-state index contributed by atoms with van der Waals surface area (Å²) in [5, 5.41) is 0. The molecule has 3 aromatic rings. The lowest BCUT2D eigenvalue weighted by Crippen LogP contribution is -1.85. The van der Waals surface area contributed by atoms with Gasteiger partial charge in [0.25, 0.3) is 0 Å². The summed E-state index contributed by atoms with van der Waals surface area (Å²) in [5.74, 6) is 13.1. The highest BCUT2D eigenvalue weighted by Gasteiger charge is 1.97. The fraction of sp³-hybridized carbons (Fsp3) is 0.133. The third-order valence-corrected chi connectivity index (χ3v) is 4.59. The molecular formula is C30H26O2. The average molecular weight is 419 g/mol. The molecule has 0 heterocycles. The Balaban J connectivity index is 1.82. The summed E-state index contributed by atoms with van der Waals surface area (Å²) >= 11 is 0. The van der Waals surface area contributed by atoms with Gasteiger partial charge in [0.15, 0.2) is 0 Å². The average Bonchev–Trinajstić information content (AvgIpc) is 2.83. The molecule has 0 radical (unpaired) electrons. The molecule has 3 rings (SSSR count). The summed E-state index contributed by atoms with van der Waals surface area (Å²) in [6.45, 7) is 1.15. The summed E-state index contributed by atoms with van der Waals surface area (Å²) in [6, 6.07) is 24.2. The van der Waals surface area contributed by atoms with E-state index in [1.807, 2.05) is 85.0 Å². The third kappa shape index (κ3) is 7.15. The molecule has 32 heavy (non-hydrogen) atoms. The molecule has 0 saturated carbocycles. The molecule has 0 fully saturated rings. The summed E-state index contributed by atoms with van der Waals surface area (Å²) in [7, 11) is 3.37. The van der Waals surface area contributed by atoms with Crippen molar-refractivity contribution in [2.75, 3.05) is 27.4 Å². The third-order valence-electron chi connectivity index (χ3n) is 4.59. The fourth-order valence-corrected chi connectivity index (χ4v) is 3.01. The number of benzene rings is 3. The van der Waals surface area contributed by atoms with Crippen molar-refractivity contribution < 1.29 is 9.47 Å². The maximum Gasteiger partial charge on any atom is 0.0646 e. The first-order valence-corrected chi connectivity index (χ1v) is 10.4. The van der Waals surface area contributed by atoms with Gasteiger partial charge in [-0.2, -0.15) is 0 Å². The first-order chi connectivity index (χ1) is 15.8. The first-order valence-electron chi connectivity index (χ1n) is 10.4. The van der Waals surface area contributed by atoms with Gasteiger partial charge in [-0.05, 0) is 41.5 Å². The minimum absolute atomic E-state index is 0.577. The molecule has 158 valence electrons. The lowest BCUT2D eigenvalue weighted by Gasteiger charge is -1.99. The van der Waals surface area contributed by atoms with Crippen LogP contribution in [0.5, 0.6) is 0 Å². The van der Waals surface area contributed by atoms with Crippen molar-refractivity contribution in [1.82, 2.24) is 0 Å². The van der Waals surface area contributed by atoms with Crippen molar-refractivity contribution in [2.24, 2.45) is 0 Å². The van der Waals surface area contributed by atoms with Crippen LogP contribution in [0, 0.1) is 23.7 Å². The molecule has 2 nitrogen and oxygen atoms in total. The van der Waals surface area contributed by atoms with E-state index in [2.05, 4.69) is 35.8 Å². The van der Waals surface area contributed by atoms with Crippen molar-refractivity contribution in [3.8, 4) is 23.7 Å². The van der Waals surface area contributed by atoms with E-state index in [1.54, 1.807) is 14.2 Å². The van der Waals surface area contributed by atoms with Gasteiger partial charge in [-0.3, -0.25) is 0 Å². The van der Waals surface area contributed by atoms with Gasteiger partial charge in [-0.15, -0.1) is 0 Å². The van der Waals surface area contributed by atoms with Crippen LogP contribution in [0.15, 0.2) is 84.9 Å². The van der Waals surface area contributed by atoms with E-state index in [-0.39, 0.29) is 0 Å². The molecule has 0 aromatic heterocycles. The minimum Gasteiger partial charge on any atom is -0.381 e. The zero-order chi connectivity index (χ0) is 22.4. The van der Waals surface area contributed by atoms with Crippen LogP contribution in [0.3, 0.4) is 0 Å². The van der Waals surface area contributed by atoms with Crippen molar-refractivity contribution in [1.29, 1.82) is 0 Å². The van der Waals surface area contributed by atoms with Gasteiger partial charge < -0.3 is 9.47 Å². The molecule has 0 spiro atoms. The molecular weight excluding hydrogens is 392 g/mol. The van der Waals surface area contributed by atoms with Crippen LogP contribution in [-0.4, -0.2) is 27.4 Å². The molecule has 3 aromatic carbocycles. The van der Waals surface area contributed by atoms with Gasteiger partial charge in [-0.25, -0.2) is 0 Å². The van der Waals surface area contributed by atoms with Crippen LogP contribution in [0.2, 0.25) is 0 Å². The Morgan fingerprint density at radius 2 is 1.06 bits per heavy atom. The SMILES string of the molecule is COC/C=C/c1ccccc1C#Cc1cccc(C#Cc2ccccc2/C=C/COC)c1. The standard InChI is InChI=1S/C30H26O2/c1-31-22-8-16-27-12-3-5-14-29(27)20-18-25-10-7-11-26(24-25)19-21-30-15-6-4-13-28(30)17-9-23-32-2/h3-17,24H,22-23H2,1-2H3/b16-8+,17-9+. The van der Waals surface area contributed by atoms with E-state index in [0.29, 0.717) is 13.2 Å². The van der Waals surface area contributed by atoms with Gasteiger partial charge >= 0.3 is 0 Å². The van der Waals surface area contributed by atoms with Gasteiger partial charge in [0, 0.05) is 36.5 Å². The van der Waals surface area contributed by atoms with Crippen LogP contribution in [0.1, 0.15) is 33.4 Å². The highest BCUT2D eigenvalue weighted by atomic mass is 16.5. The van der Waals surface area contributed by atoms with Crippen LogP contribution in [-0.2, 0) is 9.47 Å². The highest BCUT2D eigenvalue weighted by Crippen LogP contribution is 2.12. The normalized spacial score (nSPS) is 10.6. The maximum absolute atomic E-state index is 5.09. The molecule has 0 aliphatic rings. The molecule has 0 unspecified atom stereocenters. The van der Waals surface area contributed by atoms with Crippen molar-refractivity contribution in [3.05, 3.63) is 118 Å². The Labute approximate surface area is 191 Å². The molecule has 0 aliphatic heterocycles. The van der Waals surface area contributed by atoms with Crippen LogP contribution >= 0.6 is 0 Å². The summed E-state index contributed by atoms with van der Waals surface area (Å²) in [6.07, 6.45) is 8.04. The molecule has 2 heteroatoms. The number of hydrogen-bond donors (Lipinski definition) is 0. The molecule has 0 bridgehead atoms.